The first kappa shape index (κ1) is 10.3. The summed E-state index contributed by atoms with van der Waals surface area (Å²) in [6, 6.07) is 4.41. The molecule has 0 aliphatic rings. The summed E-state index contributed by atoms with van der Waals surface area (Å²) < 4.78 is 42.2. The lowest BCUT2D eigenvalue weighted by atomic mass is 10.1. The summed E-state index contributed by atoms with van der Waals surface area (Å²) in [5.74, 6) is 0.138. The summed E-state index contributed by atoms with van der Waals surface area (Å²) in [6.45, 7) is 0. The van der Waals surface area contributed by atoms with Gasteiger partial charge < -0.3 is 4.42 Å². The van der Waals surface area contributed by atoms with Gasteiger partial charge in [-0.3, -0.25) is 5.10 Å². The number of furan rings is 1. The van der Waals surface area contributed by atoms with Crippen LogP contribution in [0.25, 0.3) is 11.5 Å². The van der Waals surface area contributed by atoms with Crippen molar-refractivity contribution in [3.8, 4) is 17.5 Å². The van der Waals surface area contributed by atoms with E-state index >= 15 is 0 Å². The third kappa shape index (κ3) is 1.54. The Morgan fingerprint density at radius 1 is 1.44 bits per heavy atom. The number of rotatable bonds is 1. The summed E-state index contributed by atoms with van der Waals surface area (Å²) in [5, 5.41) is 13.9. The summed E-state index contributed by atoms with van der Waals surface area (Å²) in [7, 11) is 0. The van der Waals surface area contributed by atoms with Crippen LogP contribution in [0.1, 0.15) is 11.3 Å². The van der Waals surface area contributed by atoms with Crippen LogP contribution >= 0.6 is 0 Å². The summed E-state index contributed by atoms with van der Waals surface area (Å²) in [4.78, 5) is 0. The minimum absolute atomic E-state index is 0.0696. The number of aromatic nitrogens is 2. The van der Waals surface area contributed by atoms with E-state index < -0.39 is 17.4 Å². The van der Waals surface area contributed by atoms with E-state index in [1.807, 2.05) is 0 Å². The molecular formula is C9H4F3N3O. The summed E-state index contributed by atoms with van der Waals surface area (Å²) >= 11 is 0. The maximum absolute atomic E-state index is 12.4. The minimum atomic E-state index is -4.66. The van der Waals surface area contributed by atoms with Gasteiger partial charge in [-0.05, 0) is 12.1 Å². The average Bonchev–Trinajstić information content (AvgIpc) is 2.84. The van der Waals surface area contributed by atoms with Crippen LogP contribution in [-0.2, 0) is 6.18 Å². The predicted molar refractivity (Wildman–Crippen MR) is 46.0 cm³/mol. The molecule has 82 valence electrons. The highest BCUT2D eigenvalue weighted by molar-refractivity contribution is 5.63. The van der Waals surface area contributed by atoms with Gasteiger partial charge in [0, 0.05) is 0 Å². The van der Waals surface area contributed by atoms with Crippen LogP contribution in [0.3, 0.4) is 0 Å². The van der Waals surface area contributed by atoms with Gasteiger partial charge in [-0.2, -0.15) is 23.5 Å². The van der Waals surface area contributed by atoms with Gasteiger partial charge in [-0.15, -0.1) is 0 Å². The van der Waals surface area contributed by atoms with E-state index in [4.69, 9.17) is 9.68 Å². The highest BCUT2D eigenvalue weighted by atomic mass is 19.4. The monoisotopic (exact) mass is 227 g/mol. The Balaban J connectivity index is 2.59. The van der Waals surface area contributed by atoms with Crippen molar-refractivity contribution >= 4 is 0 Å². The van der Waals surface area contributed by atoms with E-state index in [0.717, 1.165) is 0 Å². The van der Waals surface area contributed by atoms with Crippen molar-refractivity contribution in [1.29, 1.82) is 5.26 Å². The SMILES string of the molecule is N#Cc1c(C(F)(F)F)n[nH]c1-c1ccco1. The number of nitrogens with zero attached hydrogens (tertiary/aromatic N) is 2. The molecule has 0 spiro atoms. The Morgan fingerprint density at radius 2 is 2.19 bits per heavy atom. The summed E-state index contributed by atoms with van der Waals surface area (Å²) in [5.41, 5.74) is -1.87. The number of aromatic amines is 1. The van der Waals surface area contributed by atoms with Crippen LogP contribution < -0.4 is 0 Å². The molecule has 0 fully saturated rings. The van der Waals surface area contributed by atoms with E-state index in [-0.39, 0.29) is 11.5 Å². The van der Waals surface area contributed by atoms with Crippen LogP contribution in [0.15, 0.2) is 22.8 Å². The first-order valence-corrected chi connectivity index (χ1v) is 4.13. The third-order valence-electron chi connectivity index (χ3n) is 1.91. The number of hydrogen-bond donors (Lipinski definition) is 1. The molecule has 0 unspecified atom stereocenters. The molecule has 7 heteroatoms. The molecule has 4 nitrogen and oxygen atoms in total. The number of nitrogens with one attached hydrogen (secondary N) is 1. The van der Waals surface area contributed by atoms with Gasteiger partial charge in [-0.1, -0.05) is 0 Å². The number of hydrogen-bond acceptors (Lipinski definition) is 3. The van der Waals surface area contributed by atoms with Gasteiger partial charge in [0.1, 0.15) is 17.3 Å². The van der Waals surface area contributed by atoms with E-state index in [2.05, 4.69) is 10.2 Å². The lowest BCUT2D eigenvalue weighted by Gasteiger charge is -2.01. The molecule has 2 rings (SSSR count). The normalized spacial score (nSPS) is 11.4. The molecular weight excluding hydrogens is 223 g/mol. The first-order valence-electron chi connectivity index (χ1n) is 4.13. The van der Waals surface area contributed by atoms with Crippen molar-refractivity contribution in [1.82, 2.24) is 10.2 Å². The van der Waals surface area contributed by atoms with Crippen molar-refractivity contribution in [3.05, 3.63) is 29.7 Å². The van der Waals surface area contributed by atoms with Crippen molar-refractivity contribution < 1.29 is 17.6 Å². The second-order valence-electron chi connectivity index (χ2n) is 2.91. The van der Waals surface area contributed by atoms with Crippen molar-refractivity contribution in [2.45, 2.75) is 6.18 Å². The van der Waals surface area contributed by atoms with Gasteiger partial charge in [0.05, 0.1) is 6.26 Å². The lowest BCUT2D eigenvalue weighted by Crippen LogP contribution is -2.07. The number of H-pyrrole nitrogens is 1. The quantitative estimate of drug-likeness (QED) is 0.814. The Labute approximate surface area is 87.3 Å². The maximum atomic E-state index is 12.4. The van der Waals surface area contributed by atoms with Crippen molar-refractivity contribution in [2.75, 3.05) is 0 Å². The first-order chi connectivity index (χ1) is 7.54. The molecule has 0 radical (unpaired) electrons. The fourth-order valence-electron chi connectivity index (χ4n) is 1.26. The molecule has 0 aliphatic carbocycles. The van der Waals surface area contributed by atoms with Crippen LogP contribution in [-0.4, -0.2) is 10.2 Å². The molecule has 0 saturated carbocycles. The van der Waals surface area contributed by atoms with Crippen molar-refractivity contribution in [3.63, 3.8) is 0 Å². The number of halogens is 3. The molecule has 0 bridgehead atoms. The highest BCUT2D eigenvalue weighted by Gasteiger charge is 2.38. The highest BCUT2D eigenvalue weighted by Crippen LogP contribution is 2.34. The Kier molecular flexibility index (Phi) is 2.20. The molecule has 2 aromatic rings. The van der Waals surface area contributed by atoms with Gasteiger partial charge in [0.15, 0.2) is 11.5 Å². The van der Waals surface area contributed by atoms with Crippen LogP contribution in [0.2, 0.25) is 0 Å². The van der Waals surface area contributed by atoms with Gasteiger partial charge >= 0.3 is 6.18 Å². The largest absolute Gasteiger partial charge is 0.463 e. The zero-order valence-electron chi connectivity index (χ0n) is 7.67. The number of alkyl halides is 3. The van der Waals surface area contributed by atoms with E-state index in [1.54, 1.807) is 0 Å². The fraction of sp³-hybridized carbons (Fsp3) is 0.111. The molecule has 0 aromatic carbocycles. The van der Waals surface area contributed by atoms with E-state index in [0.29, 0.717) is 0 Å². The van der Waals surface area contributed by atoms with Crippen LogP contribution in [0, 0.1) is 11.3 Å². The van der Waals surface area contributed by atoms with E-state index in [9.17, 15) is 13.2 Å². The Hall–Kier alpha value is -2.23. The molecule has 1 N–H and O–H groups in total. The lowest BCUT2D eigenvalue weighted by molar-refractivity contribution is -0.141. The molecule has 16 heavy (non-hydrogen) atoms. The predicted octanol–water partition coefficient (Wildman–Crippen LogP) is 2.56. The molecule has 0 amide bonds. The van der Waals surface area contributed by atoms with Crippen molar-refractivity contribution in [2.24, 2.45) is 0 Å². The smallest absolute Gasteiger partial charge is 0.436 e. The Morgan fingerprint density at radius 3 is 2.69 bits per heavy atom. The average molecular weight is 227 g/mol. The zero-order chi connectivity index (χ0) is 11.8. The second kappa shape index (κ2) is 3.41. The van der Waals surface area contributed by atoms with Crippen LogP contribution in [0.5, 0.6) is 0 Å². The topological polar surface area (TPSA) is 65.6 Å². The molecule has 0 aliphatic heterocycles. The minimum Gasteiger partial charge on any atom is -0.463 e. The third-order valence-corrected chi connectivity index (χ3v) is 1.91. The van der Waals surface area contributed by atoms with Gasteiger partial charge in [-0.25, -0.2) is 0 Å². The Bertz CT molecular complexity index is 533. The molecule has 2 aromatic heterocycles. The van der Waals surface area contributed by atoms with Crippen LogP contribution in [0.4, 0.5) is 13.2 Å². The fourth-order valence-corrected chi connectivity index (χ4v) is 1.26. The standard InChI is InChI=1S/C9H4F3N3O/c10-9(11,12)8-5(4-13)7(14-15-8)6-2-1-3-16-6/h1-3H,(H,14,15). The van der Waals surface area contributed by atoms with Gasteiger partial charge in [0.25, 0.3) is 0 Å². The second-order valence-corrected chi connectivity index (χ2v) is 2.91. The maximum Gasteiger partial charge on any atom is 0.436 e. The molecule has 0 saturated heterocycles. The summed E-state index contributed by atoms with van der Waals surface area (Å²) in [6.07, 6.45) is -3.36. The molecule has 0 atom stereocenters. The zero-order valence-corrected chi connectivity index (χ0v) is 7.67. The number of nitriles is 1. The van der Waals surface area contributed by atoms with E-state index in [1.165, 1.54) is 24.5 Å². The van der Waals surface area contributed by atoms with Gasteiger partial charge in [0.2, 0.25) is 0 Å². The molecule has 2 heterocycles.